The Kier molecular flexibility index (Phi) is 9.85. The molecule has 0 spiro atoms. The van der Waals surface area contributed by atoms with Gasteiger partial charge in [-0.15, -0.1) is 0 Å². The fourth-order valence-electron chi connectivity index (χ4n) is 3.27. The molecule has 186 valence electrons. The molecule has 0 aromatic heterocycles. The molecule has 0 saturated heterocycles. The predicted molar refractivity (Wildman–Crippen MR) is 130 cm³/mol. The van der Waals surface area contributed by atoms with Gasteiger partial charge in [0.25, 0.3) is 0 Å². The van der Waals surface area contributed by atoms with Crippen molar-refractivity contribution in [2.45, 2.75) is 39.3 Å². The van der Waals surface area contributed by atoms with Gasteiger partial charge in [-0.3, -0.25) is 13.9 Å². The molecule has 0 aliphatic carbocycles. The lowest BCUT2D eigenvalue weighted by Gasteiger charge is -2.31. The minimum Gasteiger partial charge on any atom is -0.497 e. The monoisotopic (exact) mass is 493 g/mol. The van der Waals surface area contributed by atoms with E-state index in [-0.39, 0.29) is 12.5 Å². The maximum absolute atomic E-state index is 13.4. The first kappa shape index (κ1) is 27.1. The van der Waals surface area contributed by atoms with Crippen LogP contribution in [0.3, 0.4) is 0 Å². The SMILES string of the molecule is CCCCNC(=O)C(C)N(Cc1ccc(F)cc1)C(=O)CN(c1ccc(OC)cc1)S(C)(=O)=O. The number of carbonyl (C=O) groups excluding carboxylic acids is 2. The molecule has 0 fully saturated rings. The molecule has 0 saturated carbocycles. The summed E-state index contributed by atoms with van der Waals surface area (Å²) in [5.74, 6) is -0.795. The van der Waals surface area contributed by atoms with Crippen LogP contribution in [0.4, 0.5) is 10.1 Å². The van der Waals surface area contributed by atoms with Crippen LogP contribution in [0, 0.1) is 5.82 Å². The summed E-state index contributed by atoms with van der Waals surface area (Å²) in [6.07, 6.45) is 2.71. The van der Waals surface area contributed by atoms with Crippen LogP contribution in [0.15, 0.2) is 48.5 Å². The molecular weight excluding hydrogens is 461 g/mol. The summed E-state index contributed by atoms with van der Waals surface area (Å²) in [7, 11) is -2.32. The predicted octanol–water partition coefficient (Wildman–Crippen LogP) is 2.93. The van der Waals surface area contributed by atoms with Crippen molar-refractivity contribution in [2.75, 3.05) is 30.8 Å². The highest BCUT2D eigenvalue weighted by atomic mass is 32.2. The van der Waals surface area contributed by atoms with Gasteiger partial charge in [-0.25, -0.2) is 12.8 Å². The number of hydrogen-bond acceptors (Lipinski definition) is 5. The molecule has 0 bridgehead atoms. The smallest absolute Gasteiger partial charge is 0.244 e. The van der Waals surface area contributed by atoms with Crippen molar-refractivity contribution in [3.05, 3.63) is 59.9 Å². The average Bonchev–Trinajstić information content (AvgIpc) is 2.81. The molecular formula is C24H32FN3O5S. The van der Waals surface area contributed by atoms with Crippen LogP contribution in [0.1, 0.15) is 32.3 Å². The number of sulfonamides is 1. The van der Waals surface area contributed by atoms with Gasteiger partial charge in [0.05, 0.1) is 19.1 Å². The topological polar surface area (TPSA) is 96.0 Å². The lowest BCUT2D eigenvalue weighted by atomic mass is 10.1. The quantitative estimate of drug-likeness (QED) is 0.459. The van der Waals surface area contributed by atoms with Crippen molar-refractivity contribution in [3.63, 3.8) is 0 Å². The molecule has 1 N–H and O–H groups in total. The summed E-state index contributed by atoms with van der Waals surface area (Å²) >= 11 is 0. The zero-order valence-electron chi connectivity index (χ0n) is 20.0. The van der Waals surface area contributed by atoms with Gasteiger partial charge in [0.1, 0.15) is 24.2 Å². The number of benzene rings is 2. The number of nitrogens with zero attached hydrogens (tertiary/aromatic N) is 2. The van der Waals surface area contributed by atoms with E-state index >= 15 is 0 Å². The Morgan fingerprint density at radius 2 is 1.71 bits per heavy atom. The largest absolute Gasteiger partial charge is 0.497 e. The summed E-state index contributed by atoms with van der Waals surface area (Å²) in [6.45, 7) is 3.57. The Balaban J connectivity index is 2.32. The molecule has 34 heavy (non-hydrogen) atoms. The Morgan fingerprint density at radius 3 is 2.24 bits per heavy atom. The Morgan fingerprint density at radius 1 is 1.09 bits per heavy atom. The fourth-order valence-corrected chi connectivity index (χ4v) is 4.12. The summed E-state index contributed by atoms with van der Waals surface area (Å²) < 4.78 is 44.5. The standard InChI is InChI=1S/C24H32FN3O5S/c1-5-6-15-26-24(30)18(2)27(16-19-7-9-20(25)10-8-19)23(29)17-28(34(4,31)32)21-11-13-22(33-3)14-12-21/h7-14,18H,5-6,15-17H2,1-4H3,(H,26,30). The molecule has 2 rings (SSSR count). The van der Waals surface area contributed by atoms with E-state index in [2.05, 4.69) is 5.32 Å². The maximum atomic E-state index is 13.4. The molecule has 10 heteroatoms. The molecule has 2 aromatic rings. The molecule has 2 aromatic carbocycles. The molecule has 0 aliphatic heterocycles. The van der Waals surface area contributed by atoms with Crippen molar-refractivity contribution in [1.82, 2.24) is 10.2 Å². The second-order valence-electron chi connectivity index (χ2n) is 7.94. The highest BCUT2D eigenvalue weighted by Gasteiger charge is 2.30. The highest BCUT2D eigenvalue weighted by molar-refractivity contribution is 7.92. The second kappa shape index (κ2) is 12.4. The molecule has 2 amide bonds. The Labute approximate surface area is 200 Å². The van der Waals surface area contributed by atoms with E-state index in [4.69, 9.17) is 4.74 Å². The third kappa shape index (κ3) is 7.72. The summed E-state index contributed by atoms with van der Waals surface area (Å²) in [4.78, 5) is 27.4. The number of unbranched alkanes of at least 4 members (excludes halogenated alkanes) is 1. The van der Waals surface area contributed by atoms with Crippen LogP contribution < -0.4 is 14.4 Å². The number of hydrogen-bond donors (Lipinski definition) is 1. The number of ether oxygens (including phenoxy) is 1. The Bertz CT molecular complexity index is 1060. The van der Waals surface area contributed by atoms with Crippen LogP contribution in [0.2, 0.25) is 0 Å². The number of halogens is 1. The minimum atomic E-state index is -3.81. The van der Waals surface area contributed by atoms with Gasteiger partial charge in [0, 0.05) is 13.1 Å². The van der Waals surface area contributed by atoms with Crippen LogP contribution in [0.5, 0.6) is 5.75 Å². The number of nitrogens with one attached hydrogen (secondary N) is 1. The third-order valence-corrected chi connectivity index (χ3v) is 6.44. The van der Waals surface area contributed by atoms with E-state index in [1.54, 1.807) is 31.2 Å². The van der Waals surface area contributed by atoms with Gasteiger partial charge in [-0.1, -0.05) is 25.5 Å². The number of anilines is 1. The number of methoxy groups -OCH3 is 1. The number of amides is 2. The average molecular weight is 494 g/mol. The normalized spacial score (nSPS) is 12.0. The second-order valence-corrected chi connectivity index (χ2v) is 9.84. The van der Waals surface area contributed by atoms with Gasteiger partial charge < -0.3 is 15.0 Å². The molecule has 8 nitrogen and oxygen atoms in total. The highest BCUT2D eigenvalue weighted by Crippen LogP contribution is 2.22. The molecule has 1 unspecified atom stereocenters. The zero-order chi connectivity index (χ0) is 25.3. The van der Waals surface area contributed by atoms with Crippen molar-refractivity contribution in [1.29, 1.82) is 0 Å². The van der Waals surface area contributed by atoms with Crippen LogP contribution >= 0.6 is 0 Å². The van der Waals surface area contributed by atoms with Gasteiger partial charge in [0.15, 0.2) is 0 Å². The van der Waals surface area contributed by atoms with Crippen LogP contribution in [-0.4, -0.2) is 57.6 Å². The summed E-state index contributed by atoms with van der Waals surface area (Å²) in [6, 6.07) is 11.0. The van der Waals surface area contributed by atoms with E-state index in [1.807, 2.05) is 6.92 Å². The molecule has 0 aliphatic rings. The number of carbonyl (C=O) groups is 2. The first-order chi connectivity index (χ1) is 16.1. The van der Waals surface area contributed by atoms with Crippen LogP contribution in [-0.2, 0) is 26.2 Å². The van der Waals surface area contributed by atoms with Gasteiger partial charge in [-0.05, 0) is 55.3 Å². The lowest BCUT2D eigenvalue weighted by Crippen LogP contribution is -2.51. The number of rotatable bonds is 12. The van der Waals surface area contributed by atoms with E-state index in [1.165, 1.54) is 36.3 Å². The summed E-state index contributed by atoms with van der Waals surface area (Å²) in [5, 5.41) is 2.80. The third-order valence-electron chi connectivity index (χ3n) is 5.30. The minimum absolute atomic E-state index is 0.0156. The van der Waals surface area contributed by atoms with Gasteiger partial charge in [-0.2, -0.15) is 0 Å². The van der Waals surface area contributed by atoms with Crippen molar-refractivity contribution >= 4 is 27.5 Å². The van der Waals surface area contributed by atoms with E-state index in [0.29, 0.717) is 23.5 Å². The fraction of sp³-hybridized carbons (Fsp3) is 0.417. The maximum Gasteiger partial charge on any atom is 0.244 e. The molecule has 0 radical (unpaired) electrons. The van der Waals surface area contributed by atoms with Gasteiger partial charge in [0.2, 0.25) is 21.8 Å². The first-order valence-corrected chi connectivity index (χ1v) is 12.8. The molecule has 0 heterocycles. The van der Waals surface area contributed by atoms with E-state index in [0.717, 1.165) is 23.4 Å². The Hall–Kier alpha value is -3.14. The zero-order valence-corrected chi connectivity index (χ0v) is 20.8. The van der Waals surface area contributed by atoms with Crippen molar-refractivity contribution in [3.8, 4) is 5.75 Å². The van der Waals surface area contributed by atoms with Crippen molar-refractivity contribution < 1.29 is 27.1 Å². The first-order valence-electron chi connectivity index (χ1n) is 11.0. The molecule has 1 atom stereocenters. The van der Waals surface area contributed by atoms with Crippen LogP contribution in [0.25, 0.3) is 0 Å². The van der Waals surface area contributed by atoms with E-state index in [9.17, 15) is 22.4 Å². The van der Waals surface area contributed by atoms with Gasteiger partial charge >= 0.3 is 0 Å². The lowest BCUT2D eigenvalue weighted by molar-refractivity contribution is -0.139. The summed E-state index contributed by atoms with van der Waals surface area (Å²) in [5.41, 5.74) is 0.900. The van der Waals surface area contributed by atoms with Crippen molar-refractivity contribution in [2.24, 2.45) is 0 Å². The van der Waals surface area contributed by atoms with E-state index < -0.39 is 34.3 Å².